The number of fused-ring (bicyclic) bond motifs is 1. The number of hydrogen-bond donors (Lipinski definition) is 0. The summed E-state index contributed by atoms with van der Waals surface area (Å²) in [5, 5.41) is 0. The number of hydrogen-bond acceptors (Lipinski definition) is 3. The molecule has 0 spiro atoms. The maximum Gasteiger partial charge on any atom is 0.169 e. The van der Waals surface area contributed by atoms with Gasteiger partial charge < -0.3 is 0 Å². The molecule has 1 aromatic carbocycles. The van der Waals surface area contributed by atoms with Gasteiger partial charge in [-0.15, -0.1) is 11.3 Å². The van der Waals surface area contributed by atoms with Crippen molar-refractivity contribution in [2.75, 3.05) is 0 Å². The van der Waals surface area contributed by atoms with Gasteiger partial charge in [0, 0.05) is 17.0 Å². The van der Waals surface area contributed by atoms with Crippen molar-refractivity contribution in [2.45, 2.75) is 33.6 Å². The fourth-order valence-electron chi connectivity index (χ4n) is 3.99. The minimum Gasteiger partial charge on any atom is -0.294 e. The standard InChI is InChI=1S/C23H23NOS/c1-14-5-4-6-17(9-14)12-18-10-15(2)11-19-20(13-24-23(18)19)22-8-7-21(26-22)16(3)25/h4-10,13,15,19H,11-12H2,1-3H3. The molecule has 0 amide bonds. The third kappa shape index (κ3) is 3.24. The Bertz CT molecular complexity index is 960. The maximum atomic E-state index is 11.6. The molecular formula is C23H23NOS. The van der Waals surface area contributed by atoms with Gasteiger partial charge in [0.2, 0.25) is 0 Å². The molecule has 132 valence electrons. The minimum absolute atomic E-state index is 0.137. The molecule has 1 aliphatic carbocycles. The van der Waals surface area contributed by atoms with Crippen LogP contribution in [-0.4, -0.2) is 11.5 Å². The van der Waals surface area contributed by atoms with Crippen molar-refractivity contribution in [3.05, 3.63) is 75.1 Å². The van der Waals surface area contributed by atoms with Crippen molar-refractivity contribution < 1.29 is 4.79 Å². The lowest BCUT2D eigenvalue weighted by molar-refractivity contribution is 0.102. The van der Waals surface area contributed by atoms with Gasteiger partial charge in [-0.2, -0.15) is 0 Å². The summed E-state index contributed by atoms with van der Waals surface area (Å²) in [7, 11) is 0. The number of aliphatic imine (C=N–C) groups is 1. The Morgan fingerprint density at radius 2 is 2.12 bits per heavy atom. The van der Waals surface area contributed by atoms with E-state index in [-0.39, 0.29) is 5.78 Å². The molecule has 2 aromatic rings. The van der Waals surface area contributed by atoms with Crippen LogP contribution in [0.1, 0.15) is 45.9 Å². The van der Waals surface area contributed by atoms with E-state index in [4.69, 9.17) is 4.99 Å². The fourth-order valence-corrected chi connectivity index (χ4v) is 4.95. The van der Waals surface area contributed by atoms with Crippen LogP contribution in [0.4, 0.5) is 0 Å². The molecule has 0 N–H and O–H groups in total. The molecule has 1 aromatic heterocycles. The number of nitrogens with zero attached hydrogens (tertiary/aromatic N) is 1. The highest BCUT2D eigenvalue weighted by molar-refractivity contribution is 7.15. The van der Waals surface area contributed by atoms with Gasteiger partial charge >= 0.3 is 0 Å². The SMILES string of the molecule is CC(=O)c1ccc(C2=CN=C3C(Cc4cccc(C)c4)=CC(C)CC23)s1. The molecule has 2 unspecified atom stereocenters. The van der Waals surface area contributed by atoms with Gasteiger partial charge in [-0.25, -0.2) is 0 Å². The zero-order chi connectivity index (χ0) is 18.3. The second-order valence-corrected chi connectivity index (χ2v) is 8.53. The van der Waals surface area contributed by atoms with Crippen molar-refractivity contribution in [3.8, 4) is 0 Å². The normalized spacial score (nSPS) is 21.7. The fraction of sp³-hybridized carbons (Fsp3) is 0.304. The van der Waals surface area contributed by atoms with E-state index in [2.05, 4.69) is 50.3 Å². The van der Waals surface area contributed by atoms with Crippen LogP contribution in [0.25, 0.3) is 5.57 Å². The summed E-state index contributed by atoms with van der Waals surface area (Å²) in [6.07, 6.45) is 6.45. The summed E-state index contributed by atoms with van der Waals surface area (Å²) >= 11 is 1.59. The Morgan fingerprint density at radius 1 is 1.27 bits per heavy atom. The van der Waals surface area contributed by atoms with Crippen LogP contribution in [0.5, 0.6) is 0 Å². The van der Waals surface area contributed by atoms with Crippen molar-refractivity contribution in [2.24, 2.45) is 16.8 Å². The maximum absolute atomic E-state index is 11.6. The lowest BCUT2D eigenvalue weighted by Gasteiger charge is -2.27. The van der Waals surface area contributed by atoms with Crippen molar-refractivity contribution in [1.82, 2.24) is 0 Å². The largest absolute Gasteiger partial charge is 0.294 e. The minimum atomic E-state index is 0.137. The molecule has 0 saturated heterocycles. The van der Waals surface area contributed by atoms with Gasteiger partial charge in [0.15, 0.2) is 5.78 Å². The van der Waals surface area contributed by atoms with Crippen molar-refractivity contribution in [3.63, 3.8) is 0 Å². The summed E-state index contributed by atoms with van der Waals surface area (Å²) in [5.41, 5.74) is 6.49. The summed E-state index contributed by atoms with van der Waals surface area (Å²) in [6.45, 7) is 6.06. The first kappa shape index (κ1) is 17.2. The number of allylic oxidation sites excluding steroid dienone is 3. The summed E-state index contributed by atoms with van der Waals surface area (Å²) in [5.74, 6) is 1.03. The van der Waals surface area contributed by atoms with Crippen LogP contribution in [0.2, 0.25) is 0 Å². The highest BCUT2D eigenvalue weighted by atomic mass is 32.1. The van der Waals surface area contributed by atoms with E-state index in [1.54, 1.807) is 18.3 Å². The first-order valence-electron chi connectivity index (χ1n) is 9.17. The average Bonchev–Trinajstić information content (AvgIpc) is 3.21. The van der Waals surface area contributed by atoms with Gasteiger partial charge in [-0.1, -0.05) is 42.8 Å². The van der Waals surface area contributed by atoms with Gasteiger partial charge in [0.25, 0.3) is 0 Å². The third-order valence-corrected chi connectivity index (χ3v) is 6.42. The Morgan fingerprint density at radius 3 is 2.85 bits per heavy atom. The van der Waals surface area contributed by atoms with Crippen LogP contribution in [0, 0.1) is 18.8 Å². The van der Waals surface area contributed by atoms with Gasteiger partial charge in [-0.3, -0.25) is 9.79 Å². The second-order valence-electron chi connectivity index (χ2n) is 7.44. The van der Waals surface area contributed by atoms with Crippen molar-refractivity contribution in [1.29, 1.82) is 0 Å². The van der Waals surface area contributed by atoms with E-state index >= 15 is 0 Å². The summed E-state index contributed by atoms with van der Waals surface area (Å²) in [4.78, 5) is 18.5. The van der Waals surface area contributed by atoms with Gasteiger partial charge in [-0.05, 0) is 61.4 Å². The van der Waals surface area contributed by atoms with Crippen LogP contribution < -0.4 is 0 Å². The number of rotatable bonds is 4. The summed E-state index contributed by atoms with van der Waals surface area (Å²) < 4.78 is 0. The lowest BCUT2D eigenvalue weighted by Crippen LogP contribution is -2.23. The number of thiophene rings is 1. The number of carbonyl (C=O) groups excluding carboxylic acids is 1. The number of Topliss-reactive ketones (excluding diaryl/α,β-unsaturated/α-hetero) is 1. The number of ketones is 1. The van der Waals surface area contributed by atoms with Gasteiger partial charge in [0.05, 0.1) is 10.6 Å². The van der Waals surface area contributed by atoms with Crippen LogP contribution in [0.15, 0.2) is 59.2 Å². The zero-order valence-electron chi connectivity index (χ0n) is 15.5. The molecule has 4 rings (SSSR count). The first-order chi connectivity index (χ1) is 12.5. The van der Waals surface area contributed by atoms with Gasteiger partial charge in [0.1, 0.15) is 0 Å². The molecule has 1 aliphatic heterocycles. The first-order valence-corrected chi connectivity index (χ1v) is 9.98. The molecule has 26 heavy (non-hydrogen) atoms. The molecule has 0 saturated carbocycles. The molecule has 0 fully saturated rings. The average molecular weight is 362 g/mol. The Labute approximate surface area is 159 Å². The number of benzene rings is 1. The van der Waals surface area contributed by atoms with E-state index < -0.39 is 0 Å². The molecule has 2 atom stereocenters. The molecule has 2 nitrogen and oxygen atoms in total. The van der Waals surface area contributed by atoms with Crippen molar-refractivity contribution >= 4 is 28.4 Å². The highest BCUT2D eigenvalue weighted by Crippen LogP contribution is 2.42. The predicted molar refractivity (Wildman–Crippen MR) is 110 cm³/mol. The monoisotopic (exact) mass is 361 g/mol. The Hall–Kier alpha value is -2.26. The van der Waals surface area contributed by atoms with Crippen LogP contribution in [0.3, 0.4) is 0 Å². The molecule has 0 bridgehead atoms. The Balaban J connectivity index is 1.60. The van der Waals surface area contributed by atoms with Crippen LogP contribution >= 0.6 is 11.3 Å². The van der Waals surface area contributed by atoms with E-state index in [1.165, 1.54) is 32.9 Å². The smallest absolute Gasteiger partial charge is 0.169 e. The van der Waals surface area contributed by atoms with Crippen LogP contribution in [-0.2, 0) is 6.42 Å². The van der Waals surface area contributed by atoms with E-state index in [9.17, 15) is 4.79 Å². The number of carbonyl (C=O) groups is 1. The van der Waals surface area contributed by atoms with E-state index in [0.29, 0.717) is 11.8 Å². The molecule has 0 radical (unpaired) electrons. The topological polar surface area (TPSA) is 29.4 Å². The molecule has 2 aliphatic rings. The van der Waals surface area contributed by atoms with E-state index in [1.807, 2.05) is 12.3 Å². The Kier molecular flexibility index (Phi) is 4.49. The number of aryl methyl sites for hydroxylation is 1. The highest BCUT2D eigenvalue weighted by Gasteiger charge is 2.33. The quantitative estimate of drug-likeness (QED) is 0.625. The second kappa shape index (κ2) is 6.81. The lowest BCUT2D eigenvalue weighted by atomic mass is 9.77. The molecular weight excluding hydrogens is 338 g/mol. The molecule has 3 heteroatoms. The third-order valence-electron chi connectivity index (χ3n) is 5.18. The van der Waals surface area contributed by atoms with E-state index in [0.717, 1.165) is 17.7 Å². The summed E-state index contributed by atoms with van der Waals surface area (Å²) in [6, 6.07) is 12.7. The molecule has 2 heterocycles. The predicted octanol–water partition coefficient (Wildman–Crippen LogP) is 5.88. The zero-order valence-corrected chi connectivity index (χ0v) is 16.3.